The van der Waals surface area contributed by atoms with Crippen molar-refractivity contribution in [2.24, 2.45) is 5.92 Å². The maximum atomic E-state index is 13.6. The van der Waals surface area contributed by atoms with E-state index in [4.69, 9.17) is 9.47 Å². The van der Waals surface area contributed by atoms with Crippen LogP contribution in [-0.4, -0.2) is 39.4 Å². The number of carbonyl (C=O) groups excluding carboxylic acids is 2. The molecule has 0 radical (unpaired) electrons. The van der Waals surface area contributed by atoms with Crippen LogP contribution in [0.5, 0.6) is 11.5 Å². The third-order valence-electron chi connectivity index (χ3n) is 6.53. The Kier molecular flexibility index (Phi) is 5.33. The summed E-state index contributed by atoms with van der Waals surface area (Å²) in [6.45, 7) is 2.52. The Morgan fingerprint density at radius 3 is 2.84 bits per heavy atom. The molecule has 1 aromatic carbocycles. The smallest absolute Gasteiger partial charge is 0.290 e. The van der Waals surface area contributed by atoms with Gasteiger partial charge < -0.3 is 19.5 Å². The number of ketones is 1. The van der Waals surface area contributed by atoms with E-state index in [0.717, 1.165) is 31.2 Å². The number of hydrogen-bond donors (Lipinski definition) is 1. The molecule has 5 rings (SSSR count). The third kappa shape index (κ3) is 3.42. The zero-order valence-electron chi connectivity index (χ0n) is 18.0. The number of nitrogens with zero attached hydrogens (tertiary/aromatic N) is 2. The molecule has 1 N–H and O–H groups in total. The lowest BCUT2D eigenvalue weighted by Crippen LogP contribution is -2.39. The van der Waals surface area contributed by atoms with Gasteiger partial charge in [-0.3, -0.25) is 14.6 Å². The van der Waals surface area contributed by atoms with E-state index in [2.05, 4.69) is 4.98 Å². The van der Waals surface area contributed by atoms with Gasteiger partial charge in [0, 0.05) is 18.9 Å². The van der Waals surface area contributed by atoms with Gasteiger partial charge in [-0.05, 0) is 55.5 Å². The zero-order chi connectivity index (χ0) is 22.2. The number of ether oxygens (including phenoxy) is 2. The molecule has 7 nitrogen and oxygen atoms in total. The zero-order valence-corrected chi connectivity index (χ0v) is 18.0. The number of aromatic nitrogens is 1. The molecule has 1 fully saturated rings. The van der Waals surface area contributed by atoms with Crippen molar-refractivity contribution in [1.82, 2.24) is 9.88 Å². The maximum Gasteiger partial charge on any atom is 0.290 e. The van der Waals surface area contributed by atoms with Crippen LogP contribution < -0.4 is 4.74 Å². The van der Waals surface area contributed by atoms with Crippen molar-refractivity contribution in [2.75, 3.05) is 6.61 Å². The molecule has 1 amide bonds. The lowest BCUT2D eigenvalue weighted by molar-refractivity contribution is -0.135. The van der Waals surface area contributed by atoms with E-state index in [0.29, 0.717) is 30.0 Å². The number of phenolic OH excluding ortho intramolecular Hbond substituents is 1. The van der Waals surface area contributed by atoms with Crippen molar-refractivity contribution in [2.45, 2.75) is 51.3 Å². The number of Topliss-reactive ketones (excluding diaryl/α,β-unsaturated/α-hetero) is 1. The number of phenols is 1. The molecule has 1 aliphatic carbocycles. The lowest BCUT2D eigenvalue weighted by Gasteiger charge is -2.35. The molecule has 3 atom stereocenters. The molecule has 7 heteroatoms. The van der Waals surface area contributed by atoms with Crippen LogP contribution in [-0.2, 0) is 20.9 Å². The van der Waals surface area contributed by atoms with Crippen molar-refractivity contribution < 1.29 is 24.2 Å². The molecule has 1 aromatic heterocycles. The highest BCUT2D eigenvalue weighted by Crippen LogP contribution is 2.48. The molecule has 0 bridgehead atoms. The SMILES string of the molecule is CCOc1cc(C2C3=C(OC4CCCCC4C3=O)C(=O)N2Cc2cccnc2)ccc1O. The molecule has 3 aliphatic rings. The Morgan fingerprint density at radius 2 is 2.06 bits per heavy atom. The topological polar surface area (TPSA) is 89.0 Å². The monoisotopic (exact) mass is 434 g/mol. The number of amides is 1. The van der Waals surface area contributed by atoms with E-state index < -0.39 is 6.04 Å². The van der Waals surface area contributed by atoms with Crippen LogP contribution in [0.2, 0.25) is 0 Å². The molecular formula is C25H26N2O5. The Hall–Kier alpha value is -3.35. The molecule has 3 heterocycles. The third-order valence-corrected chi connectivity index (χ3v) is 6.53. The van der Waals surface area contributed by atoms with Crippen molar-refractivity contribution in [3.63, 3.8) is 0 Å². The molecule has 0 spiro atoms. The minimum absolute atomic E-state index is 0.00835. The van der Waals surface area contributed by atoms with Gasteiger partial charge in [0.15, 0.2) is 23.0 Å². The predicted molar refractivity (Wildman–Crippen MR) is 116 cm³/mol. The van der Waals surface area contributed by atoms with Gasteiger partial charge >= 0.3 is 0 Å². The van der Waals surface area contributed by atoms with Gasteiger partial charge in [0.1, 0.15) is 6.10 Å². The van der Waals surface area contributed by atoms with Gasteiger partial charge in [-0.25, -0.2) is 0 Å². The van der Waals surface area contributed by atoms with E-state index in [1.807, 2.05) is 19.1 Å². The minimum atomic E-state index is -0.604. The Balaban J connectivity index is 1.60. The maximum absolute atomic E-state index is 13.6. The number of pyridine rings is 1. The molecule has 1 saturated carbocycles. The summed E-state index contributed by atoms with van der Waals surface area (Å²) in [5.74, 6) is 0.0445. The van der Waals surface area contributed by atoms with E-state index >= 15 is 0 Å². The molecule has 166 valence electrons. The van der Waals surface area contributed by atoms with Crippen LogP contribution in [0, 0.1) is 5.92 Å². The van der Waals surface area contributed by atoms with Gasteiger partial charge in [0.2, 0.25) is 0 Å². The van der Waals surface area contributed by atoms with E-state index in [-0.39, 0.29) is 35.2 Å². The van der Waals surface area contributed by atoms with Crippen molar-refractivity contribution >= 4 is 11.7 Å². The van der Waals surface area contributed by atoms with Crippen molar-refractivity contribution in [3.05, 3.63) is 65.2 Å². The summed E-state index contributed by atoms with van der Waals surface area (Å²) in [4.78, 5) is 33.0. The van der Waals surface area contributed by atoms with E-state index in [1.54, 1.807) is 35.5 Å². The number of rotatable bonds is 5. The first-order valence-electron chi connectivity index (χ1n) is 11.2. The second-order valence-electron chi connectivity index (χ2n) is 8.51. The summed E-state index contributed by atoms with van der Waals surface area (Å²) < 4.78 is 11.8. The summed E-state index contributed by atoms with van der Waals surface area (Å²) >= 11 is 0. The van der Waals surface area contributed by atoms with Crippen molar-refractivity contribution in [3.8, 4) is 11.5 Å². The van der Waals surface area contributed by atoms with Crippen LogP contribution in [0.1, 0.15) is 49.8 Å². The average molecular weight is 434 g/mol. The second-order valence-corrected chi connectivity index (χ2v) is 8.51. The molecule has 2 aromatic rings. The number of hydrogen-bond acceptors (Lipinski definition) is 6. The van der Waals surface area contributed by atoms with Crippen LogP contribution in [0.3, 0.4) is 0 Å². The summed E-state index contributed by atoms with van der Waals surface area (Å²) in [5.41, 5.74) is 1.99. The van der Waals surface area contributed by atoms with Crippen LogP contribution in [0.4, 0.5) is 0 Å². The summed E-state index contributed by atoms with van der Waals surface area (Å²) in [5, 5.41) is 10.2. The molecule has 2 aliphatic heterocycles. The summed E-state index contributed by atoms with van der Waals surface area (Å²) in [6, 6.07) is 8.11. The largest absolute Gasteiger partial charge is 0.504 e. The normalized spacial score (nSPS) is 24.8. The predicted octanol–water partition coefficient (Wildman–Crippen LogP) is 3.68. The Labute approximate surface area is 186 Å². The van der Waals surface area contributed by atoms with Gasteiger partial charge in [0.25, 0.3) is 5.91 Å². The summed E-state index contributed by atoms with van der Waals surface area (Å²) in [7, 11) is 0. The van der Waals surface area contributed by atoms with Gasteiger partial charge in [-0.2, -0.15) is 0 Å². The molecular weight excluding hydrogens is 408 g/mol. The Bertz CT molecular complexity index is 1080. The van der Waals surface area contributed by atoms with Crippen LogP contribution in [0.25, 0.3) is 0 Å². The number of aromatic hydroxyl groups is 1. The minimum Gasteiger partial charge on any atom is -0.504 e. The second kappa shape index (κ2) is 8.30. The Morgan fingerprint density at radius 1 is 1.22 bits per heavy atom. The number of benzene rings is 1. The van der Waals surface area contributed by atoms with Crippen LogP contribution >= 0.6 is 0 Å². The standard InChI is InChI=1S/C25H26N2O5/c1-2-31-20-12-16(9-10-18(20)28)22-21-23(29)17-7-3-4-8-19(17)32-24(21)25(30)27(22)14-15-6-5-11-26-13-15/h5-6,9-13,17,19,22,28H,2-4,7-8,14H2,1H3. The highest BCUT2D eigenvalue weighted by atomic mass is 16.5. The van der Waals surface area contributed by atoms with Gasteiger partial charge in [-0.15, -0.1) is 0 Å². The molecule has 3 unspecified atom stereocenters. The van der Waals surface area contributed by atoms with Gasteiger partial charge in [-0.1, -0.05) is 18.6 Å². The fourth-order valence-electron chi connectivity index (χ4n) is 5.06. The molecule has 0 saturated heterocycles. The molecule has 32 heavy (non-hydrogen) atoms. The van der Waals surface area contributed by atoms with E-state index in [9.17, 15) is 14.7 Å². The van der Waals surface area contributed by atoms with Crippen molar-refractivity contribution in [1.29, 1.82) is 0 Å². The lowest BCUT2D eigenvalue weighted by atomic mass is 9.77. The highest BCUT2D eigenvalue weighted by Gasteiger charge is 2.52. The fraction of sp³-hybridized carbons (Fsp3) is 0.400. The average Bonchev–Trinajstić information content (AvgIpc) is 3.08. The fourth-order valence-corrected chi connectivity index (χ4v) is 5.06. The number of fused-ring (bicyclic) bond motifs is 1. The highest BCUT2D eigenvalue weighted by molar-refractivity contribution is 6.11. The first-order valence-corrected chi connectivity index (χ1v) is 11.2. The van der Waals surface area contributed by atoms with Gasteiger partial charge in [0.05, 0.1) is 24.1 Å². The van der Waals surface area contributed by atoms with E-state index in [1.165, 1.54) is 0 Å². The number of carbonyl (C=O) groups is 2. The summed E-state index contributed by atoms with van der Waals surface area (Å²) in [6.07, 6.45) is 6.74. The quantitative estimate of drug-likeness (QED) is 0.772. The van der Waals surface area contributed by atoms with Crippen LogP contribution in [0.15, 0.2) is 54.1 Å². The first kappa shape index (κ1) is 20.5. The first-order chi connectivity index (χ1) is 15.6.